The molecule has 0 aromatic heterocycles. The molecule has 0 aliphatic rings. The molecule has 0 fully saturated rings. The predicted molar refractivity (Wildman–Crippen MR) is 128 cm³/mol. The Kier molecular flexibility index (Phi) is 9.25. The number of sulfonamides is 1. The number of nitrogens with one attached hydrogen (secondary N) is 1. The molecule has 1 unspecified atom stereocenters. The molecule has 2 amide bonds. The minimum atomic E-state index is -3.99. The first-order valence-electron chi connectivity index (χ1n) is 10.4. The van der Waals surface area contributed by atoms with E-state index in [2.05, 4.69) is 5.32 Å². The van der Waals surface area contributed by atoms with Crippen LogP contribution in [0.3, 0.4) is 0 Å². The van der Waals surface area contributed by atoms with Gasteiger partial charge in [0.15, 0.2) is 0 Å². The zero-order valence-corrected chi connectivity index (χ0v) is 20.7. The first-order valence-corrected chi connectivity index (χ1v) is 12.7. The second-order valence-corrected chi connectivity index (χ2v) is 10.5. The number of benzene rings is 2. The molecule has 33 heavy (non-hydrogen) atoms. The van der Waals surface area contributed by atoms with Gasteiger partial charge in [-0.3, -0.25) is 13.9 Å². The normalized spacial score (nSPS) is 12.3. The Balaban J connectivity index is 2.38. The standard InChI is InChI=1S/C23H29ClFN3O4S/c1-16(2)13-26-23(30)17(3)27(14-18-8-7-9-19(24)12-18)22(29)15-28(33(4,31)32)21-11-6-5-10-20(21)25/h5-12,16-17H,13-15H2,1-4H3,(H,26,30). The Morgan fingerprint density at radius 2 is 1.76 bits per heavy atom. The van der Waals surface area contributed by atoms with Crippen LogP contribution in [0.25, 0.3) is 0 Å². The van der Waals surface area contributed by atoms with Gasteiger partial charge in [-0.25, -0.2) is 12.8 Å². The zero-order chi connectivity index (χ0) is 24.8. The number of carbonyl (C=O) groups is 2. The molecule has 0 heterocycles. The molecule has 0 saturated heterocycles. The molecule has 7 nitrogen and oxygen atoms in total. The van der Waals surface area contributed by atoms with Crippen molar-refractivity contribution in [2.45, 2.75) is 33.4 Å². The Labute approximate surface area is 199 Å². The Morgan fingerprint density at radius 3 is 2.33 bits per heavy atom. The molecule has 0 aliphatic carbocycles. The van der Waals surface area contributed by atoms with E-state index in [-0.39, 0.29) is 24.1 Å². The van der Waals surface area contributed by atoms with Gasteiger partial charge in [-0.2, -0.15) is 0 Å². The maximum atomic E-state index is 14.4. The van der Waals surface area contributed by atoms with Crippen molar-refractivity contribution in [2.75, 3.05) is 23.7 Å². The molecule has 10 heteroatoms. The second kappa shape index (κ2) is 11.5. The summed E-state index contributed by atoms with van der Waals surface area (Å²) in [5.41, 5.74) is 0.420. The smallest absolute Gasteiger partial charge is 0.244 e. The SMILES string of the molecule is CC(C)CNC(=O)C(C)N(Cc1cccc(Cl)c1)C(=O)CN(c1ccccc1F)S(C)(=O)=O. The highest BCUT2D eigenvalue weighted by Crippen LogP contribution is 2.22. The van der Waals surface area contributed by atoms with Crippen LogP contribution in [-0.2, 0) is 26.2 Å². The third-order valence-electron chi connectivity index (χ3n) is 4.89. The van der Waals surface area contributed by atoms with Crippen molar-refractivity contribution in [3.05, 3.63) is 64.9 Å². The third kappa shape index (κ3) is 7.71. The Bertz CT molecular complexity index is 1090. The van der Waals surface area contributed by atoms with E-state index in [0.717, 1.165) is 12.3 Å². The van der Waals surface area contributed by atoms with E-state index in [9.17, 15) is 22.4 Å². The predicted octanol–water partition coefficient (Wildman–Crippen LogP) is 3.43. The molecule has 0 aliphatic heterocycles. The first kappa shape index (κ1) is 26.6. The Morgan fingerprint density at radius 1 is 1.09 bits per heavy atom. The fourth-order valence-corrected chi connectivity index (χ4v) is 4.18. The number of para-hydroxylation sites is 1. The summed E-state index contributed by atoms with van der Waals surface area (Å²) in [5, 5.41) is 3.25. The lowest BCUT2D eigenvalue weighted by Gasteiger charge is -2.31. The van der Waals surface area contributed by atoms with Crippen LogP contribution in [0.2, 0.25) is 5.02 Å². The van der Waals surface area contributed by atoms with Gasteiger partial charge < -0.3 is 10.2 Å². The number of halogens is 2. The number of nitrogens with zero attached hydrogens (tertiary/aromatic N) is 2. The minimum absolute atomic E-state index is 0.0184. The average molecular weight is 498 g/mol. The highest BCUT2D eigenvalue weighted by molar-refractivity contribution is 7.92. The van der Waals surface area contributed by atoms with Crippen molar-refractivity contribution in [1.82, 2.24) is 10.2 Å². The van der Waals surface area contributed by atoms with Gasteiger partial charge in [-0.1, -0.05) is 49.7 Å². The van der Waals surface area contributed by atoms with Crippen molar-refractivity contribution in [3.8, 4) is 0 Å². The first-order chi connectivity index (χ1) is 15.4. The van der Waals surface area contributed by atoms with Crippen LogP contribution in [0.15, 0.2) is 48.5 Å². The van der Waals surface area contributed by atoms with Crippen LogP contribution in [0.5, 0.6) is 0 Å². The van der Waals surface area contributed by atoms with Crippen molar-refractivity contribution in [3.63, 3.8) is 0 Å². The average Bonchev–Trinajstić information content (AvgIpc) is 2.73. The van der Waals surface area contributed by atoms with Crippen molar-refractivity contribution < 1.29 is 22.4 Å². The van der Waals surface area contributed by atoms with E-state index >= 15 is 0 Å². The molecule has 2 rings (SSSR count). The summed E-state index contributed by atoms with van der Waals surface area (Å²) in [4.78, 5) is 27.3. The van der Waals surface area contributed by atoms with E-state index in [1.165, 1.54) is 23.1 Å². The molecule has 0 saturated carbocycles. The second-order valence-electron chi connectivity index (χ2n) is 8.19. The molecule has 2 aromatic carbocycles. The van der Waals surface area contributed by atoms with Crippen LogP contribution in [0, 0.1) is 11.7 Å². The molecule has 1 N–H and O–H groups in total. The van der Waals surface area contributed by atoms with E-state index < -0.39 is 34.3 Å². The van der Waals surface area contributed by atoms with Gasteiger partial charge in [0.25, 0.3) is 0 Å². The fourth-order valence-electron chi connectivity index (χ4n) is 3.12. The van der Waals surface area contributed by atoms with Crippen LogP contribution < -0.4 is 9.62 Å². The molecule has 180 valence electrons. The van der Waals surface area contributed by atoms with Gasteiger partial charge in [-0.05, 0) is 42.7 Å². The largest absolute Gasteiger partial charge is 0.354 e. The number of hydrogen-bond acceptors (Lipinski definition) is 4. The zero-order valence-electron chi connectivity index (χ0n) is 19.1. The van der Waals surface area contributed by atoms with E-state index in [4.69, 9.17) is 11.6 Å². The van der Waals surface area contributed by atoms with Crippen LogP contribution in [0.1, 0.15) is 26.3 Å². The fraction of sp³-hybridized carbons (Fsp3) is 0.391. The molecular weight excluding hydrogens is 469 g/mol. The van der Waals surface area contributed by atoms with E-state index in [1.807, 2.05) is 13.8 Å². The minimum Gasteiger partial charge on any atom is -0.354 e. The number of hydrogen-bond donors (Lipinski definition) is 1. The van der Waals surface area contributed by atoms with E-state index in [1.54, 1.807) is 31.2 Å². The topological polar surface area (TPSA) is 86.8 Å². The van der Waals surface area contributed by atoms with Crippen molar-refractivity contribution >= 4 is 39.1 Å². The number of anilines is 1. The lowest BCUT2D eigenvalue weighted by Crippen LogP contribution is -2.51. The molecule has 2 aromatic rings. The lowest BCUT2D eigenvalue weighted by atomic mass is 10.1. The van der Waals surface area contributed by atoms with Crippen LogP contribution >= 0.6 is 11.6 Å². The molecule has 1 atom stereocenters. The monoisotopic (exact) mass is 497 g/mol. The summed E-state index contributed by atoms with van der Waals surface area (Å²) >= 11 is 6.06. The number of rotatable bonds is 10. The summed E-state index contributed by atoms with van der Waals surface area (Å²) in [5.74, 6) is -1.61. The van der Waals surface area contributed by atoms with Crippen molar-refractivity contribution in [1.29, 1.82) is 0 Å². The molecule has 0 bridgehead atoms. The third-order valence-corrected chi connectivity index (χ3v) is 6.26. The Hall–Kier alpha value is -2.65. The van der Waals surface area contributed by atoms with Gasteiger partial charge in [0.2, 0.25) is 21.8 Å². The maximum Gasteiger partial charge on any atom is 0.244 e. The summed E-state index contributed by atoms with van der Waals surface area (Å²) in [6, 6.07) is 11.2. The van der Waals surface area contributed by atoms with Gasteiger partial charge in [0.1, 0.15) is 18.4 Å². The summed E-state index contributed by atoms with van der Waals surface area (Å²) in [6.45, 7) is 5.22. The van der Waals surface area contributed by atoms with E-state index in [0.29, 0.717) is 21.4 Å². The summed E-state index contributed by atoms with van der Waals surface area (Å²) in [7, 11) is -3.99. The summed E-state index contributed by atoms with van der Waals surface area (Å²) in [6.07, 6.45) is 0.896. The lowest BCUT2D eigenvalue weighted by molar-refractivity contribution is -0.139. The maximum absolute atomic E-state index is 14.4. The molecule has 0 radical (unpaired) electrons. The number of amides is 2. The molecular formula is C23H29ClFN3O4S. The van der Waals surface area contributed by atoms with Crippen LogP contribution in [-0.4, -0.2) is 50.5 Å². The summed E-state index contributed by atoms with van der Waals surface area (Å²) < 4.78 is 39.9. The quantitative estimate of drug-likeness (QED) is 0.544. The highest BCUT2D eigenvalue weighted by atomic mass is 35.5. The van der Waals surface area contributed by atoms with Crippen molar-refractivity contribution in [2.24, 2.45) is 5.92 Å². The molecule has 0 spiro atoms. The van der Waals surface area contributed by atoms with Gasteiger partial charge in [0, 0.05) is 18.1 Å². The number of carbonyl (C=O) groups excluding carboxylic acids is 2. The van der Waals surface area contributed by atoms with Gasteiger partial charge >= 0.3 is 0 Å². The van der Waals surface area contributed by atoms with Gasteiger partial charge in [0.05, 0.1) is 11.9 Å². The highest BCUT2D eigenvalue weighted by Gasteiger charge is 2.31. The van der Waals surface area contributed by atoms with Gasteiger partial charge in [-0.15, -0.1) is 0 Å². The van der Waals surface area contributed by atoms with Crippen LogP contribution in [0.4, 0.5) is 10.1 Å².